The number of methoxy groups -OCH3 is 1. The molecule has 0 fully saturated rings. The standard InChI is InChI=1S/C23H25FNO4PS.C2H6/c1-14(2)29-30(27,20-11-6-15(3)12-16(20)4)25-19-13-21(31-22(19)23(26)28-5)17-7-9-18(24)10-8-17;1-2/h6-14H,1-5H3,(H,25,27);1-2H3. The number of nitrogens with one attached hydrogen (secondary N) is 1. The zero-order valence-electron chi connectivity index (χ0n) is 20.1. The number of rotatable bonds is 7. The number of esters is 1. The second-order valence-electron chi connectivity index (χ2n) is 7.46. The van der Waals surface area contributed by atoms with Gasteiger partial charge in [-0.2, -0.15) is 0 Å². The molecule has 0 amide bonds. The fourth-order valence-electron chi connectivity index (χ4n) is 3.21. The number of anilines is 1. The average Bonchev–Trinajstić information content (AvgIpc) is 3.17. The number of aryl methyl sites for hydroxylation is 2. The molecular weight excluding hydrogens is 460 g/mol. The highest BCUT2D eigenvalue weighted by atomic mass is 32.1. The first kappa shape index (κ1) is 26.8. The molecule has 33 heavy (non-hydrogen) atoms. The molecule has 1 atom stereocenters. The maximum atomic E-state index is 14.0. The first-order valence-electron chi connectivity index (χ1n) is 10.8. The summed E-state index contributed by atoms with van der Waals surface area (Å²) in [6, 6.07) is 13.3. The Morgan fingerprint density at radius 1 is 1.06 bits per heavy atom. The van der Waals surface area contributed by atoms with Crippen LogP contribution in [-0.2, 0) is 13.8 Å². The van der Waals surface area contributed by atoms with Gasteiger partial charge in [-0.3, -0.25) is 4.57 Å². The van der Waals surface area contributed by atoms with Crippen molar-refractivity contribution < 1.29 is 23.0 Å². The van der Waals surface area contributed by atoms with Crippen molar-refractivity contribution in [1.82, 2.24) is 0 Å². The fraction of sp³-hybridized carbons (Fsp3) is 0.320. The second-order valence-corrected chi connectivity index (χ2v) is 10.5. The molecule has 0 bridgehead atoms. The van der Waals surface area contributed by atoms with E-state index in [1.807, 2.05) is 39.8 Å². The van der Waals surface area contributed by atoms with Crippen LogP contribution in [0.1, 0.15) is 48.5 Å². The highest BCUT2D eigenvalue weighted by Gasteiger charge is 2.32. The molecular formula is C25H31FNO4PS. The van der Waals surface area contributed by atoms with E-state index in [2.05, 4.69) is 5.09 Å². The van der Waals surface area contributed by atoms with E-state index in [0.29, 0.717) is 15.9 Å². The molecule has 8 heteroatoms. The molecule has 0 saturated carbocycles. The van der Waals surface area contributed by atoms with Gasteiger partial charge in [0.15, 0.2) is 0 Å². The Morgan fingerprint density at radius 2 is 1.70 bits per heavy atom. The molecule has 0 aliphatic heterocycles. The normalized spacial score (nSPS) is 12.5. The molecule has 1 unspecified atom stereocenters. The van der Waals surface area contributed by atoms with Crippen LogP contribution < -0.4 is 10.4 Å². The van der Waals surface area contributed by atoms with Gasteiger partial charge in [-0.25, -0.2) is 9.18 Å². The summed E-state index contributed by atoms with van der Waals surface area (Å²) in [7, 11) is -2.29. The quantitative estimate of drug-likeness (QED) is 0.277. The Kier molecular flexibility index (Phi) is 9.41. The third kappa shape index (κ3) is 6.53. The maximum Gasteiger partial charge on any atom is 0.350 e. The lowest BCUT2D eigenvalue weighted by Gasteiger charge is -2.24. The minimum absolute atomic E-state index is 0.263. The van der Waals surface area contributed by atoms with Crippen LogP contribution in [0.4, 0.5) is 10.1 Å². The van der Waals surface area contributed by atoms with Gasteiger partial charge >= 0.3 is 13.5 Å². The number of carbonyl (C=O) groups excluding carboxylic acids is 1. The zero-order chi connectivity index (χ0) is 24.8. The second kappa shape index (κ2) is 11.6. The largest absolute Gasteiger partial charge is 0.465 e. The topological polar surface area (TPSA) is 64.6 Å². The molecule has 0 aliphatic carbocycles. The van der Waals surface area contributed by atoms with Crippen LogP contribution in [0.25, 0.3) is 10.4 Å². The molecule has 3 aromatic rings. The van der Waals surface area contributed by atoms with Crippen molar-refractivity contribution in [3.05, 3.63) is 70.4 Å². The average molecular weight is 492 g/mol. The number of hydrogen-bond donors (Lipinski definition) is 1. The summed E-state index contributed by atoms with van der Waals surface area (Å²) in [5.41, 5.74) is 2.95. The van der Waals surface area contributed by atoms with Crippen LogP contribution in [0, 0.1) is 19.7 Å². The predicted octanol–water partition coefficient (Wildman–Crippen LogP) is 7.34. The lowest BCUT2D eigenvalue weighted by molar-refractivity contribution is 0.0607. The monoisotopic (exact) mass is 491 g/mol. The summed E-state index contributed by atoms with van der Waals surface area (Å²) >= 11 is 1.18. The van der Waals surface area contributed by atoms with E-state index >= 15 is 0 Å². The first-order valence-corrected chi connectivity index (χ1v) is 13.2. The van der Waals surface area contributed by atoms with E-state index < -0.39 is 13.5 Å². The number of hydrogen-bond acceptors (Lipinski definition) is 5. The molecule has 0 radical (unpaired) electrons. The Morgan fingerprint density at radius 3 is 2.24 bits per heavy atom. The van der Waals surface area contributed by atoms with E-state index in [1.165, 1.54) is 30.6 Å². The Balaban J connectivity index is 0.00000187. The van der Waals surface area contributed by atoms with Crippen molar-refractivity contribution in [2.45, 2.75) is 47.6 Å². The minimum Gasteiger partial charge on any atom is -0.465 e. The maximum absolute atomic E-state index is 14.0. The van der Waals surface area contributed by atoms with Gasteiger partial charge in [0.25, 0.3) is 0 Å². The lowest BCUT2D eigenvalue weighted by atomic mass is 10.2. The van der Waals surface area contributed by atoms with Crippen LogP contribution in [0.2, 0.25) is 0 Å². The number of thiophene rings is 1. The summed E-state index contributed by atoms with van der Waals surface area (Å²) in [6.45, 7) is 11.4. The number of ether oxygens (including phenoxy) is 1. The van der Waals surface area contributed by atoms with Crippen LogP contribution in [-0.4, -0.2) is 19.2 Å². The van der Waals surface area contributed by atoms with Gasteiger partial charge in [-0.15, -0.1) is 11.3 Å². The summed E-state index contributed by atoms with van der Waals surface area (Å²) in [5, 5.41) is 3.56. The van der Waals surface area contributed by atoms with Gasteiger partial charge in [-0.05, 0) is 63.1 Å². The zero-order valence-corrected chi connectivity index (χ0v) is 21.8. The Bertz CT molecular complexity index is 1140. The van der Waals surface area contributed by atoms with Gasteiger partial charge in [0.1, 0.15) is 10.7 Å². The third-order valence-corrected chi connectivity index (χ3v) is 8.08. The van der Waals surface area contributed by atoms with Crippen LogP contribution in [0.15, 0.2) is 48.5 Å². The molecule has 1 heterocycles. The van der Waals surface area contributed by atoms with Crippen molar-refractivity contribution in [3.8, 4) is 10.4 Å². The molecule has 2 aromatic carbocycles. The lowest BCUT2D eigenvalue weighted by Crippen LogP contribution is -2.20. The van der Waals surface area contributed by atoms with Gasteiger partial charge < -0.3 is 14.3 Å². The first-order chi connectivity index (χ1) is 15.6. The number of carbonyl (C=O) groups is 1. The molecule has 5 nitrogen and oxygen atoms in total. The van der Waals surface area contributed by atoms with Crippen molar-refractivity contribution in [1.29, 1.82) is 0 Å². The van der Waals surface area contributed by atoms with Crippen LogP contribution in [0.5, 0.6) is 0 Å². The smallest absolute Gasteiger partial charge is 0.350 e. The van der Waals surface area contributed by atoms with E-state index in [9.17, 15) is 13.8 Å². The summed E-state index contributed by atoms with van der Waals surface area (Å²) < 4.78 is 38.2. The van der Waals surface area contributed by atoms with Gasteiger partial charge in [0.2, 0.25) is 0 Å². The SMILES string of the molecule is CC.COC(=O)c1sc(-c2ccc(F)cc2)cc1NP(=O)(OC(C)C)c1ccc(C)cc1C. The molecule has 1 aromatic heterocycles. The van der Waals surface area contributed by atoms with Crippen molar-refractivity contribution in [3.63, 3.8) is 0 Å². The minimum atomic E-state index is -3.58. The molecule has 0 saturated heterocycles. The highest BCUT2D eigenvalue weighted by Crippen LogP contribution is 2.50. The van der Waals surface area contributed by atoms with Crippen molar-refractivity contribution >= 4 is 35.8 Å². The van der Waals surface area contributed by atoms with Crippen LogP contribution in [0.3, 0.4) is 0 Å². The summed E-state index contributed by atoms with van der Waals surface area (Å²) in [5.74, 6) is -0.908. The molecule has 178 valence electrons. The van der Waals surface area contributed by atoms with E-state index in [1.54, 1.807) is 38.1 Å². The molecule has 0 aliphatic rings. The Labute approximate surface area is 199 Å². The van der Waals surface area contributed by atoms with Crippen LogP contribution >= 0.6 is 18.9 Å². The highest BCUT2D eigenvalue weighted by molar-refractivity contribution is 7.68. The predicted molar refractivity (Wildman–Crippen MR) is 135 cm³/mol. The number of halogens is 1. The summed E-state index contributed by atoms with van der Waals surface area (Å²) in [4.78, 5) is 13.4. The van der Waals surface area contributed by atoms with Gasteiger partial charge in [0.05, 0.1) is 24.2 Å². The van der Waals surface area contributed by atoms with E-state index in [0.717, 1.165) is 16.7 Å². The molecule has 3 rings (SSSR count). The van der Waals surface area contributed by atoms with Crippen molar-refractivity contribution in [2.24, 2.45) is 0 Å². The van der Waals surface area contributed by atoms with E-state index in [4.69, 9.17) is 9.26 Å². The van der Waals surface area contributed by atoms with Gasteiger partial charge in [0, 0.05) is 4.88 Å². The molecule has 1 N–H and O–H groups in total. The summed E-state index contributed by atoms with van der Waals surface area (Å²) in [6.07, 6.45) is -0.323. The fourth-order valence-corrected chi connectivity index (χ4v) is 6.50. The Hall–Kier alpha value is -2.47. The van der Waals surface area contributed by atoms with E-state index in [-0.39, 0.29) is 16.8 Å². The van der Waals surface area contributed by atoms with Crippen molar-refractivity contribution in [2.75, 3.05) is 12.2 Å². The van der Waals surface area contributed by atoms with Gasteiger partial charge in [-0.1, -0.05) is 43.7 Å². The molecule has 0 spiro atoms. The third-order valence-electron chi connectivity index (χ3n) is 4.53. The number of benzene rings is 2.